The first-order valence-corrected chi connectivity index (χ1v) is 22.0. The lowest BCUT2D eigenvalue weighted by atomic mass is 9.85. The van der Waals surface area contributed by atoms with E-state index >= 15 is 4.79 Å². The summed E-state index contributed by atoms with van der Waals surface area (Å²) >= 11 is 0. The Kier molecular flexibility index (Phi) is 11.0. The maximum Gasteiger partial charge on any atom is 0.408 e. The largest absolute Gasteiger partial charge is 0.491 e. The van der Waals surface area contributed by atoms with Gasteiger partial charge in [-0.1, -0.05) is 50.6 Å². The fourth-order valence-corrected chi connectivity index (χ4v) is 9.81. The summed E-state index contributed by atoms with van der Waals surface area (Å²) < 4.78 is 46.1. The Morgan fingerprint density at radius 3 is 2.56 bits per heavy atom. The minimum Gasteiger partial charge on any atom is -0.491 e. The second kappa shape index (κ2) is 15.4. The van der Waals surface area contributed by atoms with Crippen molar-refractivity contribution in [2.75, 3.05) is 13.2 Å². The topological polar surface area (TPSA) is 182 Å². The number of aryl methyl sites for hydroxylation is 1. The van der Waals surface area contributed by atoms with Gasteiger partial charge in [0.05, 0.1) is 23.6 Å². The molecular formula is C42H57N5O9S. The van der Waals surface area contributed by atoms with Crippen molar-refractivity contribution in [1.82, 2.24) is 25.2 Å². The van der Waals surface area contributed by atoms with Crippen LogP contribution in [0.2, 0.25) is 0 Å². The number of nitrogens with one attached hydrogen (secondary N) is 3. The molecule has 2 aromatic rings. The van der Waals surface area contributed by atoms with E-state index in [1.807, 2.05) is 43.3 Å². The highest BCUT2D eigenvalue weighted by Crippen LogP contribution is 2.48. The van der Waals surface area contributed by atoms with E-state index in [4.69, 9.17) is 19.2 Å². The van der Waals surface area contributed by atoms with Crippen LogP contribution in [-0.2, 0) is 35.6 Å². The zero-order chi connectivity index (χ0) is 40.9. The Balaban J connectivity index is 1.25. The first kappa shape index (κ1) is 40.8. The Bertz CT molecular complexity index is 2060. The molecule has 2 aliphatic carbocycles. The van der Waals surface area contributed by atoms with Crippen LogP contribution in [0.3, 0.4) is 0 Å². The molecule has 3 aliphatic heterocycles. The average molecular weight is 808 g/mol. The molecule has 3 N–H and O–H groups in total. The van der Waals surface area contributed by atoms with E-state index in [1.165, 1.54) is 4.90 Å². The molecule has 1 aromatic carbocycles. The summed E-state index contributed by atoms with van der Waals surface area (Å²) in [5, 5.41) is 7.41. The number of nitrogens with zero attached hydrogens (tertiary/aromatic N) is 2. The second-order valence-corrected chi connectivity index (χ2v) is 20.2. The average Bonchev–Trinajstić information content (AvgIpc) is 4.04. The maximum atomic E-state index is 15.0. The molecule has 0 spiro atoms. The van der Waals surface area contributed by atoms with Crippen molar-refractivity contribution in [3.8, 4) is 11.6 Å². The first-order valence-electron chi connectivity index (χ1n) is 20.5. The zero-order valence-electron chi connectivity index (χ0n) is 33.9. The molecule has 4 amide bonds. The molecule has 1 saturated heterocycles. The van der Waals surface area contributed by atoms with Gasteiger partial charge in [-0.05, 0) is 97.0 Å². The standard InChI is InChI=1S/C42H57N5O9S/c1-7-26-21-25(2)13-8-9-14-27-23-42(27,38(50)46-57(52,53)41(6)18-19-41)45-35(48)32-22-28(24-47(32)37(49)33(26)44-39(51)56-40(3,4)5)55-36-30-16-11-10-15-29(30)34-31(43-36)17-12-20-54-34/h9-11,14-16,25-28,32-33H,7-8,12-13,17-24H2,1-6H3,(H,44,51)(H,45,48)(H,46,50)/b14-9-/t25-,26+,27+,28+,32-,33-,42+/m0/s1. The second-order valence-electron chi connectivity index (χ2n) is 18.0. The van der Waals surface area contributed by atoms with Gasteiger partial charge >= 0.3 is 6.09 Å². The van der Waals surface area contributed by atoms with E-state index in [2.05, 4.69) is 22.3 Å². The minimum atomic E-state index is -4.00. The van der Waals surface area contributed by atoms with Crippen molar-refractivity contribution in [3.05, 3.63) is 42.1 Å². The number of allylic oxidation sites excluding steroid dienone is 1. The fraction of sp³-hybridized carbons (Fsp3) is 0.643. The molecule has 0 unspecified atom stereocenters. The van der Waals surface area contributed by atoms with E-state index in [0.717, 1.165) is 35.1 Å². The summed E-state index contributed by atoms with van der Waals surface area (Å²) in [6.45, 7) is 11.5. The van der Waals surface area contributed by atoms with Gasteiger partial charge in [0.2, 0.25) is 27.7 Å². The normalized spacial score (nSPS) is 30.5. The molecule has 310 valence electrons. The van der Waals surface area contributed by atoms with Crippen LogP contribution >= 0.6 is 0 Å². The summed E-state index contributed by atoms with van der Waals surface area (Å²) in [6.07, 6.45) is 7.75. The van der Waals surface area contributed by atoms with Gasteiger partial charge in [0, 0.05) is 23.1 Å². The van der Waals surface area contributed by atoms with E-state index in [9.17, 15) is 22.8 Å². The summed E-state index contributed by atoms with van der Waals surface area (Å²) in [6, 6.07) is 5.51. The molecule has 7 atom stereocenters. The van der Waals surface area contributed by atoms with E-state index in [-0.39, 0.29) is 31.2 Å². The minimum absolute atomic E-state index is 0.00569. The lowest BCUT2D eigenvalue weighted by Crippen LogP contribution is -2.59. The molecule has 15 heteroatoms. The molecule has 1 aromatic heterocycles. The smallest absolute Gasteiger partial charge is 0.408 e. The number of carbonyl (C=O) groups excluding carboxylic acids is 4. The summed E-state index contributed by atoms with van der Waals surface area (Å²) in [5.74, 6) is -1.35. The number of ether oxygens (including phenoxy) is 3. The van der Waals surface area contributed by atoms with Crippen molar-refractivity contribution in [2.24, 2.45) is 17.8 Å². The summed E-state index contributed by atoms with van der Waals surface area (Å²) in [7, 11) is -4.00. The van der Waals surface area contributed by atoms with Crippen molar-refractivity contribution in [3.63, 3.8) is 0 Å². The monoisotopic (exact) mass is 807 g/mol. The van der Waals surface area contributed by atoms with Gasteiger partial charge in [0.1, 0.15) is 35.1 Å². The van der Waals surface area contributed by atoms with Gasteiger partial charge in [-0.25, -0.2) is 18.2 Å². The number of amides is 4. The number of hydrogen-bond acceptors (Lipinski definition) is 10. The third kappa shape index (κ3) is 8.45. The molecule has 0 radical (unpaired) electrons. The quantitative estimate of drug-likeness (QED) is 0.320. The fourth-order valence-electron chi connectivity index (χ4n) is 8.50. The molecular weight excluding hydrogens is 751 g/mol. The molecule has 4 heterocycles. The SMILES string of the molecule is CC[C@@H]1C[C@@H](C)CC/C=C\[C@@H]2C[C@@]2(C(=O)NS(=O)(=O)C2(C)CC2)NC(=O)[C@@H]2C[C@@H](Oc3nc4c(c5ccccc35)OCCC4)CN2C(=O)[C@H]1NC(=O)OC(C)(C)C. The predicted molar refractivity (Wildman–Crippen MR) is 213 cm³/mol. The van der Waals surface area contributed by atoms with E-state index in [1.54, 1.807) is 27.7 Å². The van der Waals surface area contributed by atoms with Crippen LogP contribution in [0.1, 0.15) is 105 Å². The Morgan fingerprint density at radius 1 is 1.12 bits per heavy atom. The highest BCUT2D eigenvalue weighted by Gasteiger charge is 2.63. The van der Waals surface area contributed by atoms with Crippen molar-refractivity contribution in [2.45, 2.75) is 140 Å². The van der Waals surface area contributed by atoms with E-state index in [0.29, 0.717) is 51.0 Å². The van der Waals surface area contributed by atoms with Crippen LogP contribution in [0.5, 0.6) is 11.6 Å². The van der Waals surface area contributed by atoms with Crippen LogP contribution in [0, 0.1) is 17.8 Å². The Morgan fingerprint density at radius 2 is 1.86 bits per heavy atom. The number of aromatic nitrogens is 1. The molecule has 14 nitrogen and oxygen atoms in total. The van der Waals surface area contributed by atoms with Gasteiger partial charge in [0.25, 0.3) is 5.91 Å². The number of carbonyl (C=O) groups is 4. The third-order valence-electron chi connectivity index (χ3n) is 12.3. The van der Waals surface area contributed by atoms with E-state index < -0.39 is 73.8 Å². The van der Waals surface area contributed by atoms with Gasteiger partial charge in [0.15, 0.2) is 0 Å². The van der Waals surface area contributed by atoms with Gasteiger partial charge < -0.3 is 29.7 Å². The zero-order valence-corrected chi connectivity index (χ0v) is 34.7. The molecule has 5 aliphatic rings. The number of rotatable bonds is 7. The molecule has 7 rings (SSSR count). The van der Waals surface area contributed by atoms with Crippen LogP contribution in [0.25, 0.3) is 10.8 Å². The third-order valence-corrected chi connectivity index (χ3v) is 14.4. The van der Waals surface area contributed by atoms with Crippen molar-refractivity contribution < 1.29 is 41.8 Å². The highest BCUT2D eigenvalue weighted by atomic mass is 32.2. The van der Waals surface area contributed by atoms with Gasteiger partial charge in [-0.3, -0.25) is 19.1 Å². The molecule has 0 bridgehead atoms. The maximum absolute atomic E-state index is 15.0. The summed E-state index contributed by atoms with van der Waals surface area (Å²) in [5.41, 5.74) is -1.57. The van der Waals surface area contributed by atoms with Crippen LogP contribution < -0.4 is 24.8 Å². The Labute approximate surface area is 335 Å². The first-order chi connectivity index (χ1) is 26.9. The predicted octanol–water partition coefficient (Wildman–Crippen LogP) is 5.08. The Hall–Kier alpha value is -4.40. The van der Waals surface area contributed by atoms with Crippen molar-refractivity contribution >= 4 is 44.6 Å². The number of hydrogen-bond donors (Lipinski definition) is 3. The lowest BCUT2D eigenvalue weighted by molar-refractivity contribution is -0.142. The number of pyridine rings is 1. The number of alkyl carbamates (subject to hydrolysis) is 1. The van der Waals surface area contributed by atoms with Crippen molar-refractivity contribution in [1.29, 1.82) is 0 Å². The van der Waals surface area contributed by atoms with Gasteiger partial charge in [-0.15, -0.1) is 0 Å². The molecule has 3 fully saturated rings. The lowest BCUT2D eigenvalue weighted by Gasteiger charge is -2.34. The molecule has 2 saturated carbocycles. The van der Waals surface area contributed by atoms with Crippen LogP contribution in [-0.4, -0.2) is 89.3 Å². The summed E-state index contributed by atoms with van der Waals surface area (Å²) in [4.78, 5) is 63.4. The number of sulfonamides is 1. The van der Waals surface area contributed by atoms with Gasteiger partial charge in [-0.2, -0.15) is 0 Å². The van der Waals surface area contributed by atoms with Crippen LogP contribution in [0.15, 0.2) is 36.4 Å². The number of benzene rings is 1. The highest BCUT2D eigenvalue weighted by molar-refractivity contribution is 7.91. The molecule has 57 heavy (non-hydrogen) atoms. The number of fused-ring (bicyclic) bond motifs is 5. The van der Waals surface area contributed by atoms with Crippen LogP contribution in [0.4, 0.5) is 4.79 Å².